The highest BCUT2D eigenvalue weighted by molar-refractivity contribution is 5.60. The molecule has 0 saturated carbocycles. The van der Waals surface area contributed by atoms with Crippen LogP contribution in [0.4, 0.5) is 11.4 Å². The van der Waals surface area contributed by atoms with Crippen molar-refractivity contribution in [3.8, 4) is 0 Å². The molecule has 31 heavy (non-hydrogen) atoms. The van der Waals surface area contributed by atoms with Gasteiger partial charge in [-0.15, -0.1) is 0 Å². The zero-order valence-corrected chi connectivity index (χ0v) is 20.7. The van der Waals surface area contributed by atoms with Gasteiger partial charge in [-0.1, -0.05) is 42.3 Å². The van der Waals surface area contributed by atoms with Gasteiger partial charge in [-0.25, -0.2) is 0 Å². The molecule has 4 nitrogen and oxygen atoms in total. The first kappa shape index (κ1) is 23.6. The van der Waals surface area contributed by atoms with Crippen LogP contribution in [0, 0.1) is 41.5 Å². The Kier molecular flexibility index (Phi) is 8.01. The molecule has 3 rings (SSSR count). The van der Waals surface area contributed by atoms with Crippen LogP contribution in [0.3, 0.4) is 0 Å². The number of rotatable bonds is 8. The molecule has 2 N–H and O–H groups in total. The van der Waals surface area contributed by atoms with E-state index >= 15 is 0 Å². The molecule has 0 amide bonds. The predicted molar refractivity (Wildman–Crippen MR) is 136 cm³/mol. The third kappa shape index (κ3) is 6.24. The summed E-state index contributed by atoms with van der Waals surface area (Å²) in [5.41, 5.74) is 10.6. The van der Waals surface area contributed by atoms with E-state index in [1.165, 1.54) is 57.8 Å². The minimum Gasteiger partial charge on any atom is -0.383 e. The lowest BCUT2D eigenvalue weighted by molar-refractivity contribution is 0.134. The lowest BCUT2D eigenvalue weighted by atomic mass is 10.0. The second kappa shape index (κ2) is 10.5. The molecule has 0 spiro atoms. The molecule has 4 heteroatoms. The fraction of sp³-hybridized carbons (Fsp3) is 0.556. The Hall–Kier alpha value is -2.04. The van der Waals surface area contributed by atoms with E-state index in [2.05, 4.69) is 93.2 Å². The minimum atomic E-state index is 0.341. The number of likely N-dealkylation sites (N-methyl/N-ethyl adjacent to an activating group) is 1. The van der Waals surface area contributed by atoms with Gasteiger partial charge in [0.1, 0.15) is 0 Å². The van der Waals surface area contributed by atoms with E-state index in [1.807, 2.05) is 0 Å². The number of hydrogen-bond acceptors (Lipinski definition) is 4. The van der Waals surface area contributed by atoms with Crippen LogP contribution in [0.2, 0.25) is 0 Å². The van der Waals surface area contributed by atoms with Crippen LogP contribution >= 0.6 is 0 Å². The number of benzene rings is 2. The predicted octanol–water partition coefficient (Wildman–Crippen LogP) is 5.07. The monoisotopic (exact) mass is 422 g/mol. The van der Waals surface area contributed by atoms with Crippen molar-refractivity contribution in [2.45, 2.75) is 54.5 Å². The van der Waals surface area contributed by atoms with Crippen LogP contribution in [-0.2, 0) is 0 Å². The van der Waals surface area contributed by atoms with Crippen molar-refractivity contribution < 1.29 is 0 Å². The van der Waals surface area contributed by atoms with Gasteiger partial charge in [0.15, 0.2) is 0 Å². The molecule has 170 valence electrons. The molecule has 1 unspecified atom stereocenters. The third-order valence-electron chi connectivity index (χ3n) is 6.62. The molecule has 0 bridgehead atoms. The fourth-order valence-electron chi connectivity index (χ4n) is 5.06. The summed E-state index contributed by atoms with van der Waals surface area (Å²) in [6, 6.07) is 9.46. The Morgan fingerprint density at radius 1 is 0.710 bits per heavy atom. The summed E-state index contributed by atoms with van der Waals surface area (Å²) < 4.78 is 0. The summed E-state index contributed by atoms with van der Waals surface area (Å²) in [6.45, 7) is 23.3. The molecule has 0 aliphatic carbocycles. The van der Waals surface area contributed by atoms with Crippen molar-refractivity contribution in [1.82, 2.24) is 9.80 Å². The van der Waals surface area contributed by atoms with E-state index in [-0.39, 0.29) is 0 Å². The summed E-state index contributed by atoms with van der Waals surface area (Å²) in [4.78, 5) is 5.17. The Morgan fingerprint density at radius 3 is 1.65 bits per heavy atom. The van der Waals surface area contributed by atoms with Gasteiger partial charge in [0, 0.05) is 50.6 Å². The normalized spacial score (nSPS) is 16.4. The summed E-state index contributed by atoms with van der Waals surface area (Å²) in [5.74, 6) is 0. The Morgan fingerprint density at radius 2 is 1.16 bits per heavy atom. The summed E-state index contributed by atoms with van der Waals surface area (Å²) in [6.07, 6.45) is 0. The first-order chi connectivity index (χ1) is 14.8. The van der Waals surface area contributed by atoms with Crippen LogP contribution in [0.15, 0.2) is 24.3 Å². The van der Waals surface area contributed by atoms with E-state index in [9.17, 15) is 0 Å². The topological polar surface area (TPSA) is 30.5 Å². The highest BCUT2D eigenvalue weighted by Crippen LogP contribution is 2.25. The molecule has 1 fully saturated rings. The lowest BCUT2D eigenvalue weighted by Gasteiger charge is -2.36. The Balaban J connectivity index is 1.76. The van der Waals surface area contributed by atoms with Crippen molar-refractivity contribution >= 4 is 11.4 Å². The summed E-state index contributed by atoms with van der Waals surface area (Å²) >= 11 is 0. The van der Waals surface area contributed by atoms with Gasteiger partial charge < -0.3 is 15.5 Å². The van der Waals surface area contributed by atoms with Crippen LogP contribution in [0.1, 0.15) is 40.3 Å². The lowest BCUT2D eigenvalue weighted by Crippen LogP contribution is -2.50. The SMILES string of the molecule is CCN1CCN(CC(CNc2c(C)cc(C)cc2C)Nc2c(C)cc(C)cc2C)CC1. The van der Waals surface area contributed by atoms with Crippen molar-refractivity contribution in [3.05, 3.63) is 57.6 Å². The van der Waals surface area contributed by atoms with E-state index in [1.54, 1.807) is 0 Å². The Labute approximate surface area is 190 Å². The second-order valence-corrected chi connectivity index (χ2v) is 9.50. The van der Waals surface area contributed by atoms with Gasteiger partial charge in [-0.05, 0) is 70.3 Å². The van der Waals surface area contributed by atoms with E-state index < -0.39 is 0 Å². The number of aryl methyl sites for hydroxylation is 6. The average molecular weight is 423 g/mol. The van der Waals surface area contributed by atoms with Gasteiger partial charge >= 0.3 is 0 Å². The molecule has 0 aromatic heterocycles. The average Bonchev–Trinajstić information content (AvgIpc) is 2.70. The van der Waals surface area contributed by atoms with Crippen LogP contribution < -0.4 is 10.6 Å². The van der Waals surface area contributed by atoms with Gasteiger partial charge in [-0.2, -0.15) is 0 Å². The molecular formula is C27H42N4. The first-order valence-corrected chi connectivity index (χ1v) is 11.9. The standard InChI is InChI=1S/C27H42N4/c1-8-30-9-11-31(12-10-30)18-25(29-27-23(6)15-20(3)16-24(27)7)17-28-26-21(4)13-19(2)14-22(26)5/h13-16,25,28-29H,8-12,17-18H2,1-7H3. The molecule has 1 saturated heterocycles. The zero-order chi connectivity index (χ0) is 22.5. The molecule has 2 aromatic rings. The molecular weight excluding hydrogens is 380 g/mol. The molecule has 2 aromatic carbocycles. The third-order valence-corrected chi connectivity index (χ3v) is 6.62. The van der Waals surface area contributed by atoms with Gasteiger partial charge in [-0.3, -0.25) is 4.90 Å². The van der Waals surface area contributed by atoms with Crippen LogP contribution in [0.5, 0.6) is 0 Å². The van der Waals surface area contributed by atoms with Crippen molar-refractivity contribution in [1.29, 1.82) is 0 Å². The van der Waals surface area contributed by atoms with E-state index in [0.717, 1.165) is 32.7 Å². The number of nitrogens with one attached hydrogen (secondary N) is 2. The maximum Gasteiger partial charge on any atom is 0.0561 e. The van der Waals surface area contributed by atoms with E-state index in [4.69, 9.17) is 0 Å². The highest BCUT2D eigenvalue weighted by Gasteiger charge is 2.21. The van der Waals surface area contributed by atoms with Gasteiger partial charge in [0.25, 0.3) is 0 Å². The van der Waals surface area contributed by atoms with Crippen molar-refractivity contribution in [2.75, 3.05) is 56.4 Å². The number of hydrogen-bond donors (Lipinski definition) is 2. The number of anilines is 2. The number of nitrogens with zero attached hydrogens (tertiary/aromatic N) is 2. The molecule has 1 atom stereocenters. The largest absolute Gasteiger partial charge is 0.383 e. The molecule has 1 aliphatic rings. The molecule has 1 heterocycles. The number of piperazine rings is 1. The van der Waals surface area contributed by atoms with Crippen molar-refractivity contribution in [3.63, 3.8) is 0 Å². The summed E-state index contributed by atoms with van der Waals surface area (Å²) in [5, 5.41) is 7.71. The maximum atomic E-state index is 3.92. The first-order valence-electron chi connectivity index (χ1n) is 11.9. The van der Waals surface area contributed by atoms with Crippen LogP contribution in [0.25, 0.3) is 0 Å². The Bertz CT molecular complexity index is 835. The minimum absolute atomic E-state index is 0.341. The van der Waals surface area contributed by atoms with Gasteiger partial charge in [0.05, 0.1) is 6.04 Å². The second-order valence-electron chi connectivity index (χ2n) is 9.50. The maximum absolute atomic E-state index is 3.92. The van der Waals surface area contributed by atoms with Crippen molar-refractivity contribution in [2.24, 2.45) is 0 Å². The summed E-state index contributed by atoms with van der Waals surface area (Å²) in [7, 11) is 0. The van der Waals surface area contributed by atoms with E-state index in [0.29, 0.717) is 6.04 Å². The quantitative estimate of drug-likeness (QED) is 0.622. The molecule has 1 aliphatic heterocycles. The fourth-order valence-corrected chi connectivity index (χ4v) is 5.06. The highest BCUT2D eigenvalue weighted by atomic mass is 15.3. The molecule has 0 radical (unpaired) electrons. The van der Waals surface area contributed by atoms with Gasteiger partial charge in [0.2, 0.25) is 0 Å². The van der Waals surface area contributed by atoms with Crippen LogP contribution in [-0.4, -0.2) is 61.7 Å². The smallest absolute Gasteiger partial charge is 0.0561 e. The zero-order valence-electron chi connectivity index (χ0n) is 20.7.